The molecule has 0 saturated carbocycles. The van der Waals surface area contributed by atoms with Gasteiger partial charge in [0.1, 0.15) is 5.75 Å². The highest BCUT2D eigenvalue weighted by atomic mass is 16.5. The Labute approximate surface area is 122 Å². The van der Waals surface area contributed by atoms with Crippen molar-refractivity contribution in [3.05, 3.63) is 51.9 Å². The summed E-state index contributed by atoms with van der Waals surface area (Å²) in [6.45, 7) is 5.71. The van der Waals surface area contributed by atoms with E-state index in [1.807, 2.05) is 38.1 Å². The predicted molar refractivity (Wildman–Crippen MR) is 83.0 cm³/mol. The van der Waals surface area contributed by atoms with Crippen molar-refractivity contribution in [2.45, 2.75) is 26.9 Å². The molecule has 0 radical (unpaired) electrons. The number of nitrogens with zero attached hydrogens (tertiary/aromatic N) is 2. The van der Waals surface area contributed by atoms with Crippen LogP contribution in [-0.2, 0) is 0 Å². The molecule has 0 unspecified atom stereocenters. The van der Waals surface area contributed by atoms with E-state index >= 15 is 0 Å². The summed E-state index contributed by atoms with van der Waals surface area (Å²) in [7, 11) is 0. The van der Waals surface area contributed by atoms with Gasteiger partial charge in [0, 0.05) is 11.8 Å². The first-order chi connectivity index (χ1) is 10.0. The number of aryl methyl sites for hydroxylation is 1. The van der Waals surface area contributed by atoms with Crippen LogP contribution in [0.5, 0.6) is 5.75 Å². The van der Waals surface area contributed by atoms with E-state index in [4.69, 9.17) is 4.74 Å². The number of benzene rings is 1. The van der Waals surface area contributed by atoms with E-state index in [2.05, 4.69) is 20.5 Å². The number of aromatic nitrogens is 2. The predicted octanol–water partition coefficient (Wildman–Crippen LogP) is 2.31. The van der Waals surface area contributed by atoms with Gasteiger partial charge in [0.05, 0.1) is 12.3 Å². The number of ether oxygens (including phenoxy) is 1. The maximum Gasteiger partial charge on any atom is 0.252 e. The number of hydrogen-bond acceptors (Lipinski definition) is 5. The highest BCUT2D eigenvalue weighted by Crippen LogP contribution is 2.12. The van der Waals surface area contributed by atoms with E-state index in [1.165, 1.54) is 6.07 Å². The van der Waals surface area contributed by atoms with Crippen LogP contribution in [0.25, 0.3) is 0 Å². The van der Waals surface area contributed by atoms with Crippen molar-refractivity contribution in [3.8, 4) is 5.75 Å². The fourth-order valence-corrected chi connectivity index (χ4v) is 1.70. The molecule has 0 fully saturated rings. The van der Waals surface area contributed by atoms with E-state index < -0.39 is 0 Å². The Balaban J connectivity index is 1.99. The van der Waals surface area contributed by atoms with Crippen LogP contribution < -0.4 is 15.7 Å². The number of hydrogen-bond donors (Lipinski definition) is 2. The fourth-order valence-electron chi connectivity index (χ4n) is 1.70. The Kier molecular flexibility index (Phi) is 4.71. The van der Waals surface area contributed by atoms with E-state index in [0.29, 0.717) is 11.6 Å². The molecule has 21 heavy (non-hydrogen) atoms. The molecule has 0 bridgehead atoms. The molecule has 0 aliphatic carbocycles. The first-order valence-corrected chi connectivity index (χ1v) is 6.67. The molecule has 6 heteroatoms. The molecule has 0 aliphatic heterocycles. The van der Waals surface area contributed by atoms with Gasteiger partial charge >= 0.3 is 0 Å². The highest BCUT2D eigenvalue weighted by molar-refractivity contribution is 5.80. The maximum atomic E-state index is 11.3. The minimum Gasteiger partial charge on any atom is -0.491 e. The summed E-state index contributed by atoms with van der Waals surface area (Å²) >= 11 is 0. The molecule has 6 nitrogen and oxygen atoms in total. The van der Waals surface area contributed by atoms with Crippen LogP contribution in [0.3, 0.4) is 0 Å². The van der Waals surface area contributed by atoms with Crippen molar-refractivity contribution in [3.63, 3.8) is 0 Å². The minimum absolute atomic E-state index is 0.149. The summed E-state index contributed by atoms with van der Waals surface area (Å²) in [5, 5.41) is 4.04. The van der Waals surface area contributed by atoms with Gasteiger partial charge < -0.3 is 4.74 Å². The molecule has 0 aliphatic rings. The van der Waals surface area contributed by atoms with E-state index in [-0.39, 0.29) is 11.7 Å². The maximum absolute atomic E-state index is 11.3. The standard InChI is InChI=1S/C15H18N4O2/c1-10(2)21-13-6-4-12(5-7-13)9-16-19-15-17-11(3)8-14(20)18-15/h4-10H,1-3H3,(H2,17,18,19,20)/b16-9-. The molecule has 0 atom stereocenters. The second-order valence-corrected chi connectivity index (χ2v) is 4.84. The summed E-state index contributed by atoms with van der Waals surface area (Å²) in [5.41, 5.74) is 4.02. The fraction of sp³-hybridized carbons (Fsp3) is 0.267. The molecule has 1 aromatic heterocycles. The number of rotatable bonds is 5. The van der Waals surface area contributed by atoms with Crippen LogP contribution in [0, 0.1) is 6.92 Å². The summed E-state index contributed by atoms with van der Waals surface area (Å²) in [4.78, 5) is 17.9. The van der Waals surface area contributed by atoms with Crippen molar-refractivity contribution in [1.29, 1.82) is 0 Å². The third-order valence-corrected chi connectivity index (χ3v) is 2.51. The van der Waals surface area contributed by atoms with E-state index in [1.54, 1.807) is 13.1 Å². The molecule has 110 valence electrons. The average molecular weight is 286 g/mol. The molecule has 0 spiro atoms. The average Bonchev–Trinajstić information content (AvgIpc) is 2.39. The van der Waals surface area contributed by atoms with Gasteiger partial charge in [-0.1, -0.05) is 0 Å². The summed E-state index contributed by atoms with van der Waals surface area (Å²) < 4.78 is 5.56. The van der Waals surface area contributed by atoms with Gasteiger partial charge in [0.2, 0.25) is 5.95 Å². The van der Waals surface area contributed by atoms with Gasteiger partial charge in [-0.05, 0) is 50.6 Å². The van der Waals surface area contributed by atoms with Crippen LogP contribution in [0.1, 0.15) is 25.1 Å². The van der Waals surface area contributed by atoms with E-state index in [9.17, 15) is 4.79 Å². The van der Waals surface area contributed by atoms with Crippen molar-refractivity contribution < 1.29 is 4.74 Å². The van der Waals surface area contributed by atoms with E-state index in [0.717, 1.165) is 11.3 Å². The zero-order valence-electron chi connectivity index (χ0n) is 12.3. The Bertz CT molecular complexity index is 675. The number of anilines is 1. The second kappa shape index (κ2) is 6.69. The zero-order chi connectivity index (χ0) is 15.2. The molecule has 2 aromatic rings. The lowest BCUT2D eigenvalue weighted by molar-refractivity contribution is 0.242. The molecule has 0 amide bonds. The molecule has 2 N–H and O–H groups in total. The largest absolute Gasteiger partial charge is 0.491 e. The number of H-pyrrole nitrogens is 1. The van der Waals surface area contributed by atoms with Gasteiger partial charge in [-0.3, -0.25) is 9.78 Å². The van der Waals surface area contributed by atoms with Gasteiger partial charge in [0.15, 0.2) is 0 Å². The zero-order valence-corrected chi connectivity index (χ0v) is 12.3. The third-order valence-electron chi connectivity index (χ3n) is 2.51. The molecule has 0 saturated heterocycles. The van der Waals surface area contributed by atoms with Crippen LogP contribution in [-0.4, -0.2) is 22.3 Å². The minimum atomic E-state index is -0.213. The Hall–Kier alpha value is -2.63. The Morgan fingerprint density at radius 1 is 1.33 bits per heavy atom. The Morgan fingerprint density at radius 3 is 2.67 bits per heavy atom. The van der Waals surface area contributed by atoms with Crippen LogP contribution >= 0.6 is 0 Å². The summed E-state index contributed by atoms with van der Waals surface area (Å²) in [6, 6.07) is 8.98. The quantitative estimate of drug-likeness (QED) is 0.653. The van der Waals surface area contributed by atoms with Gasteiger partial charge in [0.25, 0.3) is 5.56 Å². The molecule has 1 aromatic carbocycles. The summed E-state index contributed by atoms with van der Waals surface area (Å²) in [6.07, 6.45) is 1.79. The molecule has 2 rings (SSSR count). The molecular formula is C15H18N4O2. The third kappa shape index (κ3) is 4.76. The lowest BCUT2D eigenvalue weighted by Gasteiger charge is -2.09. The van der Waals surface area contributed by atoms with Crippen LogP contribution in [0.2, 0.25) is 0 Å². The number of nitrogens with one attached hydrogen (secondary N) is 2. The SMILES string of the molecule is Cc1cc(=O)[nH]c(N/N=C\c2ccc(OC(C)C)cc2)n1. The van der Waals surface area contributed by atoms with Gasteiger partial charge in [-0.25, -0.2) is 10.4 Å². The lowest BCUT2D eigenvalue weighted by Crippen LogP contribution is -2.10. The van der Waals surface area contributed by atoms with Crippen molar-refractivity contribution in [2.24, 2.45) is 5.10 Å². The highest BCUT2D eigenvalue weighted by Gasteiger charge is 1.97. The molecule has 1 heterocycles. The van der Waals surface area contributed by atoms with Crippen molar-refractivity contribution in [2.75, 3.05) is 5.43 Å². The first-order valence-electron chi connectivity index (χ1n) is 6.67. The number of aromatic amines is 1. The van der Waals surface area contributed by atoms with Gasteiger partial charge in [-0.2, -0.15) is 5.10 Å². The van der Waals surface area contributed by atoms with Crippen LogP contribution in [0.4, 0.5) is 5.95 Å². The second-order valence-electron chi connectivity index (χ2n) is 4.84. The Morgan fingerprint density at radius 2 is 2.05 bits per heavy atom. The normalized spacial score (nSPS) is 11.0. The summed E-state index contributed by atoms with van der Waals surface area (Å²) in [5.74, 6) is 1.14. The molecular weight excluding hydrogens is 268 g/mol. The topological polar surface area (TPSA) is 79.4 Å². The van der Waals surface area contributed by atoms with Crippen molar-refractivity contribution in [1.82, 2.24) is 9.97 Å². The van der Waals surface area contributed by atoms with Crippen molar-refractivity contribution >= 4 is 12.2 Å². The monoisotopic (exact) mass is 286 g/mol. The van der Waals surface area contributed by atoms with Gasteiger partial charge in [-0.15, -0.1) is 0 Å². The van der Waals surface area contributed by atoms with Crippen LogP contribution in [0.15, 0.2) is 40.2 Å². The smallest absolute Gasteiger partial charge is 0.252 e. The lowest BCUT2D eigenvalue weighted by atomic mass is 10.2. The number of hydrazone groups is 1. The first kappa shape index (κ1) is 14.8.